The monoisotopic (exact) mass is 268 g/mol. The molecule has 2 N–H and O–H groups in total. The van der Waals surface area contributed by atoms with Gasteiger partial charge in [0.2, 0.25) is 5.91 Å². The van der Waals surface area contributed by atoms with Gasteiger partial charge in [0.1, 0.15) is 0 Å². The molecule has 0 heterocycles. The van der Waals surface area contributed by atoms with Gasteiger partial charge in [0, 0.05) is 18.3 Å². The van der Waals surface area contributed by atoms with Crippen LogP contribution in [0.5, 0.6) is 0 Å². The Morgan fingerprint density at radius 1 is 1.28 bits per heavy atom. The highest BCUT2D eigenvalue weighted by Gasteiger charge is 2.10. The Labute approximate surface area is 112 Å². The van der Waals surface area contributed by atoms with E-state index in [0.717, 1.165) is 12.0 Å². The van der Waals surface area contributed by atoms with Gasteiger partial charge in [-0.1, -0.05) is 30.3 Å². The maximum Gasteiger partial charge on any atom is 0.321 e. The Kier molecular flexibility index (Phi) is 6.22. The molecule has 0 bridgehead atoms. The van der Waals surface area contributed by atoms with Crippen molar-refractivity contribution < 1.29 is 9.59 Å². The molecular weight excluding hydrogens is 252 g/mol. The molecule has 0 radical (unpaired) electrons. The molecule has 1 atom stereocenters. The molecule has 98 valence electrons. The van der Waals surface area contributed by atoms with Gasteiger partial charge < -0.3 is 5.32 Å². The highest BCUT2D eigenvalue weighted by atomic mass is 35.5. The standard InChI is InChI=1S/C13H17ClN2O2/c1-10(9-11-5-3-2-4-6-11)15-13(18)16-12(17)7-8-14/h2-6,10H,7-9H2,1H3,(H2,15,16,17,18). The van der Waals surface area contributed by atoms with Crippen LogP contribution in [0.25, 0.3) is 0 Å². The summed E-state index contributed by atoms with van der Waals surface area (Å²) in [4.78, 5) is 22.6. The van der Waals surface area contributed by atoms with E-state index in [4.69, 9.17) is 11.6 Å². The summed E-state index contributed by atoms with van der Waals surface area (Å²) in [6.45, 7) is 1.89. The lowest BCUT2D eigenvalue weighted by Crippen LogP contribution is -2.44. The minimum atomic E-state index is -0.478. The number of rotatable bonds is 5. The number of amides is 3. The highest BCUT2D eigenvalue weighted by molar-refractivity contribution is 6.19. The molecule has 0 aliphatic heterocycles. The maximum atomic E-state index is 11.4. The van der Waals surface area contributed by atoms with Gasteiger partial charge >= 0.3 is 6.03 Å². The average molecular weight is 269 g/mol. The van der Waals surface area contributed by atoms with Gasteiger partial charge in [-0.15, -0.1) is 11.6 Å². The normalized spacial score (nSPS) is 11.7. The number of urea groups is 1. The molecule has 0 fully saturated rings. The van der Waals surface area contributed by atoms with E-state index in [9.17, 15) is 9.59 Å². The minimum absolute atomic E-state index is 0.0452. The number of carbonyl (C=O) groups is 2. The van der Waals surface area contributed by atoms with Crippen LogP contribution in [0.15, 0.2) is 30.3 Å². The van der Waals surface area contributed by atoms with Crippen LogP contribution in [0.3, 0.4) is 0 Å². The molecule has 1 rings (SSSR count). The van der Waals surface area contributed by atoms with E-state index in [1.54, 1.807) is 0 Å². The number of benzene rings is 1. The van der Waals surface area contributed by atoms with Gasteiger partial charge in [-0.25, -0.2) is 4.79 Å². The van der Waals surface area contributed by atoms with Gasteiger partial charge in [-0.05, 0) is 18.9 Å². The van der Waals surface area contributed by atoms with E-state index < -0.39 is 6.03 Å². The molecule has 0 saturated heterocycles. The Hall–Kier alpha value is -1.55. The lowest BCUT2D eigenvalue weighted by atomic mass is 10.1. The molecule has 0 aliphatic carbocycles. The van der Waals surface area contributed by atoms with Gasteiger partial charge in [-0.3, -0.25) is 10.1 Å². The van der Waals surface area contributed by atoms with Crippen molar-refractivity contribution in [3.8, 4) is 0 Å². The largest absolute Gasteiger partial charge is 0.335 e. The second kappa shape index (κ2) is 7.71. The van der Waals surface area contributed by atoms with Crippen LogP contribution in [0.4, 0.5) is 4.79 Å². The topological polar surface area (TPSA) is 58.2 Å². The van der Waals surface area contributed by atoms with Crippen molar-refractivity contribution in [2.45, 2.75) is 25.8 Å². The third-order valence-corrected chi connectivity index (χ3v) is 2.53. The molecule has 0 aromatic heterocycles. The van der Waals surface area contributed by atoms with E-state index in [1.807, 2.05) is 37.3 Å². The summed E-state index contributed by atoms with van der Waals surface area (Å²) in [5, 5.41) is 4.93. The fourth-order valence-corrected chi connectivity index (χ4v) is 1.73. The Morgan fingerprint density at radius 3 is 2.56 bits per heavy atom. The summed E-state index contributed by atoms with van der Waals surface area (Å²) < 4.78 is 0. The molecular formula is C13H17ClN2O2. The number of imide groups is 1. The third-order valence-electron chi connectivity index (χ3n) is 2.34. The van der Waals surface area contributed by atoms with Crippen molar-refractivity contribution in [1.82, 2.24) is 10.6 Å². The van der Waals surface area contributed by atoms with Crippen LogP contribution < -0.4 is 10.6 Å². The van der Waals surface area contributed by atoms with Crippen molar-refractivity contribution in [3.05, 3.63) is 35.9 Å². The second-order valence-corrected chi connectivity index (χ2v) is 4.43. The zero-order valence-electron chi connectivity index (χ0n) is 10.3. The zero-order valence-corrected chi connectivity index (χ0v) is 11.0. The summed E-state index contributed by atoms with van der Waals surface area (Å²) in [7, 11) is 0. The molecule has 4 nitrogen and oxygen atoms in total. The van der Waals surface area contributed by atoms with Crippen LogP contribution in [0.1, 0.15) is 18.9 Å². The van der Waals surface area contributed by atoms with Crippen LogP contribution in [0, 0.1) is 0 Å². The number of nitrogens with one attached hydrogen (secondary N) is 2. The predicted octanol–water partition coefficient (Wildman–Crippen LogP) is 2.07. The fourth-order valence-electron chi connectivity index (χ4n) is 1.55. The minimum Gasteiger partial charge on any atom is -0.335 e. The van der Waals surface area contributed by atoms with Crippen LogP contribution >= 0.6 is 11.6 Å². The molecule has 1 unspecified atom stereocenters. The number of alkyl halides is 1. The van der Waals surface area contributed by atoms with Crippen molar-refractivity contribution >= 4 is 23.5 Å². The Balaban J connectivity index is 2.34. The van der Waals surface area contributed by atoms with Crippen molar-refractivity contribution in [2.24, 2.45) is 0 Å². The van der Waals surface area contributed by atoms with Crippen LogP contribution in [-0.4, -0.2) is 23.9 Å². The van der Waals surface area contributed by atoms with Crippen LogP contribution in [-0.2, 0) is 11.2 Å². The molecule has 1 aromatic rings. The lowest BCUT2D eigenvalue weighted by molar-refractivity contribution is -0.119. The molecule has 0 saturated carbocycles. The number of hydrogen-bond acceptors (Lipinski definition) is 2. The molecule has 18 heavy (non-hydrogen) atoms. The molecule has 3 amide bonds. The van der Waals surface area contributed by atoms with Gasteiger partial charge in [0.25, 0.3) is 0 Å². The number of carbonyl (C=O) groups excluding carboxylic acids is 2. The highest BCUT2D eigenvalue weighted by Crippen LogP contribution is 2.02. The summed E-state index contributed by atoms with van der Waals surface area (Å²) in [5.74, 6) is -0.159. The lowest BCUT2D eigenvalue weighted by Gasteiger charge is -2.14. The van der Waals surface area contributed by atoms with Gasteiger partial charge in [0.15, 0.2) is 0 Å². The van der Waals surface area contributed by atoms with E-state index in [-0.39, 0.29) is 24.2 Å². The number of hydrogen-bond donors (Lipinski definition) is 2. The van der Waals surface area contributed by atoms with Gasteiger partial charge in [-0.2, -0.15) is 0 Å². The average Bonchev–Trinajstić information content (AvgIpc) is 2.29. The first-order valence-corrected chi connectivity index (χ1v) is 6.35. The first-order valence-electron chi connectivity index (χ1n) is 5.82. The smallest absolute Gasteiger partial charge is 0.321 e. The van der Waals surface area contributed by atoms with E-state index in [1.165, 1.54) is 0 Å². The predicted molar refractivity (Wildman–Crippen MR) is 71.6 cm³/mol. The molecule has 5 heteroatoms. The molecule has 0 aliphatic rings. The van der Waals surface area contributed by atoms with Crippen LogP contribution in [0.2, 0.25) is 0 Å². The second-order valence-electron chi connectivity index (χ2n) is 4.05. The van der Waals surface area contributed by atoms with E-state index in [0.29, 0.717) is 0 Å². The van der Waals surface area contributed by atoms with E-state index >= 15 is 0 Å². The fraction of sp³-hybridized carbons (Fsp3) is 0.385. The van der Waals surface area contributed by atoms with Crippen molar-refractivity contribution in [3.63, 3.8) is 0 Å². The van der Waals surface area contributed by atoms with E-state index in [2.05, 4.69) is 10.6 Å². The van der Waals surface area contributed by atoms with Crippen molar-refractivity contribution in [1.29, 1.82) is 0 Å². The van der Waals surface area contributed by atoms with Gasteiger partial charge in [0.05, 0.1) is 0 Å². The molecule has 0 spiro atoms. The SMILES string of the molecule is CC(Cc1ccccc1)NC(=O)NC(=O)CCCl. The maximum absolute atomic E-state index is 11.4. The third kappa shape index (κ3) is 5.68. The first-order chi connectivity index (χ1) is 8.61. The Bertz CT molecular complexity index is 395. The summed E-state index contributed by atoms with van der Waals surface area (Å²) in [6.07, 6.45) is 0.861. The summed E-state index contributed by atoms with van der Waals surface area (Å²) in [5.41, 5.74) is 1.14. The molecule has 1 aromatic carbocycles. The quantitative estimate of drug-likeness (QED) is 0.803. The number of halogens is 1. The van der Waals surface area contributed by atoms with Crippen molar-refractivity contribution in [2.75, 3.05) is 5.88 Å². The summed E-state index contributed by atoms with van der Waals surface area (Å²) >= 11 is 5.40. The summed E-state index contributed by atoms with van der Waals surface area (Å²) in [6, 6.07) is 9.31. The zero-order chi connectivity index (χ0) is 13.4. The first kappa shape index (κ1) is 14.5. The Morgan fingerprint density at radius 2 is 1.94 bits per heavy atom.